The molecule has 0 spiro atoms. The van der Waals surface area contributed by atoms with Crippen LogP contribution in [0.2, 0.25) is 0 Å². The van der Waals surface area contributed by atoms with Crippen molar-refractivity contribution in [2.24, 2.45) is 5.14 Å². The lowest BCUT2D eigenvalue weighted by molar-refractivity contribution is 0.560. The van der Waals surface area contributed by atoms with Crippen LogP contribution in [0, 0.1) is 0 Å². The molecule has 0 aromatic carbocycles. The van der Waals surface area contributed by atoms with Gasteiger partial charge in [0.25, 0.3) is 10.0 Å². The minimum Gasteiger partial charge on any atom is -0.299 e. The summed E-state index contributed by atoms with van der Waals surface area (Å²) in [5, 5.41) is 10.0. The van der Waals surface area contributed by atoms with E-state index in [9.17, 15) is 13.2 Å². The van der Waals surface area contributed by atoms with Crippen molar-refractivity contribution in [1.82, 2.24) is 9.59 Å². The quantitative estimate of drug-likeness (QED) is 0.595. The van der Waals surface area contributed by atoms with E-state index in [-0.39, 0.29) is 10.0 Å². The number of rotatable bonds is 3. The Balaban J connectivity index is 3.16. The summed E-state index contributed by atoms with van der Waals surface area (Å²) in [5.74, 6) is -0.197. The Kier molecular flexibility index (Phi) is 2.35. The lowest BCUT2D eigenvalue weighted by atomic mass is 10.8. The normalized spacial score (nSPS) is 11.1. The SMILES string of the molecule is NS(=O)(=O)c1snnc1N[C]=O. The molecule has 0 unspecified atom stereocenters. The highest BCUT2D eigenvalue weighted by atomic mass is 32.2. The van der Waals surface area contributed by atoms with Crippen LogP contribution in [0.25, 0.3) is 0 Å². The fraction of sp³-hybridized carbons (Fsp3) is 0. The zero-order chi connectivity index (χ0) is 9.19. The molecular weight excluding hydrogens is 204 g/mol. The Labute approximate surface area is 71.8 Å². The summed E-state index contributed by atoms with van der Waals surface area (Å²) in [7, 11) is -3.86. The van der Waals surface area contributed by atoms with Gasteiger partial charge in [0.15, 0.2) is 10.0 Å². The van der Waals surface area contributed by atoms with Crippen LogP contribution < -0.4 is 10.5 Å². The first-order chi connectivity index (χ1) is 5.55. The second-order valence-electron chi connectivity index (χ2n) is 1.68. The number of primary sulfonamides is 1. The molecule has 0 aliphatic carbocycles. The number of nitrogens with one attached hydrogen (secondary N) is 1. The van der Waals surface area contributed by atoms with E-state index in [0.717, 1.165) is 0 Å². The van der Waals surface area contributed by atoms with Gasteiger partial charge in [-0.3, -0.25) is 10.1 Å². The summed E-state index contributed by atoms with van der Waals surface area (Å²) >= 11 is 0.581. The maximum atomic E-state index is 10.7. The van der Waals surface area contributed by atoms with Crippen LogP contribution in [0.1, 0.15) is 0 Å². The van der Waals surface area contributed by atoms with Gasteiger partial charge in [-0.1, -0.05) is 4.49 Å². The summed E-state index contributed by atoms with van der Waals surface area (Å²) in [4.78, 5) is 9.82. The molecular formula is C3H3N4O3S2. The zero-order valence-corrected chi connectivity index (χ0v) is 7.15. The number of hydrogen-bond acceptors (Lipinski definition) is 6. The van der Waals surface area contributed by atoms with Gasteiger partial charge in [-0.25, -0.2) is 13.6 Å². The molecule has 0 bridgehead atoms. The summed E-state index contributed by atoms with van der Waals surface area (Å²) < 4.78 is 24.5. The number of anilines is 1. The van der Waals surface area contributed by atoms with Crippen molar-refractivity contribution < 1.29 is 13.2 Å². The van der Waals surface area contributed by atoms with E-state index in [0.29, 0.717) is 11.5 Å². The van der Waals surface area contributed by atoms with E-state index in [1.54, 1.807) is 0 Å². The molecule has 1 amide bonds. The van der Waals surface area contributed by atoms with E-state index in [4.69, 9.17) is 5.14 Å². The third-order valence-corrected chi connectivity index (χ3v) is 3.04. The molecule has 1 heterocycles. The number of amides is 1. The highest BCUT2D eigenvalue weighted by Gasteiger charge is 2.18. The summed E-state index contributed by atoms with van der Waals surface area (Å²) in [6, 6.07) is 0. The molecule has 0 aliphatic heterocycles. The van der Waals surface area contributed by atoms with E-state index in [2.05, 4.69) is 9.59 Å². The molecule has 9 heteroatoms. The maximum Gasteiger partial charge on any atom is 0.315 e. The average molecular weight is 207 g/mol. The van der Waals surface area contributed by atoms with Crippen LogP contribution in [-0.4, -0.2) is 24.4 Å². The van der Waals surface area contributed by atoms with Crippen LogP contribution in [0.15, 0.2) is 4.21 Å². The van der Waals surface area contributed by atoms with E-state index in [1.807, 2.05) is 5.32 Å². The molecule has 1 rings (SSSR count). The number of nitrogens with zero attached hydrogens (tertiary/aromatic N) is 2. The predicted molar refractivity (Wildman–Crippen MR) is 40.6 cm³/mol. The Morgan fingerprint density at radius 1 is 1.58 bits per heavy atom. The number of nitrogens with two attached hydrogens (primary N) is 1. The predicted octanol–water partition coefficient (Wildman–Crippen LogP) is -1.34. The van der Waals surface area contributed by atoms with Crippen LogP contribution in [0.3, 0.4) is 0 Å². The van der Waals surface area contributed by atoms with Crippen molar-refractivity contribution in [3.63, 3.8) is 0 Å². The third-order valence-electron chi connectivity index (χ3n) is 0.886. The van der Waals surface area contributed by atoms with Crippen molar-refractivity contribution in [3.05, 3.63) is 0 Å². The fourth-order valence-corrected chi connectivity index (χ4v) is 1.75. The first kappa shape index (κ1) is 9.03. The largest absolute Gasteiger partial charge is 0.315 e. The van der Waals surface area contributed by atoms with Gasteiger partial charge in [-0.2, -0.15) is 0 Å². The van der Waals surface area contributed by atoms with Crippen molar-refractivity contribution in [2.75, 3.05) is 5.32 Å². The van der Waals surface area contributed by atoms with Crippen molar-refractivity contribution in [1.29, 1.82) is 0 Å². The molecule has 7 nitrogen and oxygen atoms in total. The third kappa shape index (κ3) is 1.75. The topological polar surface area (TPSA) is 115 Å². The molecule has 0 atom stereocenters. The molecule has 0 aliphatic rings. The fourth-order valence-electron chi connectivity index (χ4n) is 0.493. The van der Waals surface area contributed by atoms with Crippen LogP contribution in [0.5, 0.6) is 0 Å². The van der Waals surface area contributed by atoms with Gasteiger partial charge in [-0.15, -0.1) is 5.10 Å². The van der Waals surface area contributed by atoms with Gasteiger partial charge in [0.2, 0.25) is 0 Å². The second kappa shape index (κ2) is 3.13. The first-order valence-corrected chi connectivity index (χ1v) is 4.86. The van der Waals surface area contributed by atoms with Crippen molar-refractivity contribution in [2.45, 2.75) is 4.21 Å². The average Bonchev–Trinajstić information content (AvgIpc) is 2.34. The van der Waals surface area contributed by atoms with Crippen molar-refractivity contribution in [3.8, 4) is 0 Å². The number of hydrogen-bond donors (Lipinski definition) is 2. The second-order valence-corrected chi connectivity index (χ2v) is 4.19. The van der Waals surface area contributed by atoms with Crippen LogP contribution >= 0.6 is 11.5 Å². The molecule has 0 fully saturated rings. The van der Waals surface area contributed by atoms with Gasteiger partial charge in [0.1, 0.15) is 0 Å². The highest BCUT2D eigenvalue weighted by Crippen LogP contribution is 2.19. The first-order valence-electron chi connectivity index (χ1n) is 2.54. The number of aromatic nitrogens is 2. The molecule has 12 heavy (non-hydrogen) atoms. The Morgan fingerprint density at radius 3 is 2.75 bits per heavy atom. The smallest absolute Gasteiger partial charge is 0.299 e. The lowest BCUT2D eigenvalue weighted by Crippen LogP contribution is -2.12. The summed E-state index contributed by atoms with van der Waals surface area (Å²) in [6.07, 6.45) is 1.27. The Bertz CT molecular complexity index is 382. The van der Waals surface area contributed by atoms with Crippen LogP contribution in [-0.2, 0) is 14.8 Å². The molecule has 3 N–H and O–H groups in total. The molecule has 1 aromatic heterocycles. The summed E-state index contributed by atoms with van der Waals surface area (Å²) in [6.45, 7) is 0. The number of sulfonamides is 1. The number of carbonyl (C=O) groups excluding carboxylic acids is 1. The van der Waals surface area contributed by atoms with Crippen LogP contribution in [0.4, 0.5) is 5.82 Å². The van der Waals surface area contributed by atoms with Gasteiger partial charge < -0.3 is 0 Å². The lowest BCUT2D eigenvalue weighted by Gasteiger charge is -1.92. The minimum absolute atomic E-state index is 0.197. The maximum absolute atomic E-state index is 10.7. The molecule has 1 radical (unpaired) electrons. The van der Waals surface area contributed by atoms with Gasteiger partial charge in [0.05, 0.1) is 0 Å². The van der Waals surface area contributed by atoms with E-state index < -0.39 is 10.0 Å². The van der Waals surface area contributed by atoms with Gasteiger partial charge in [0, 0.05) is 11.5 Å². The molecule has 0 saturated heterocycles. The Morgan fingerprint density at radius 2 is 2.25 bits per heavy atom. The Hall–Kier alpha value is -1.06. The molecule has 1 aromatic rings. The van der Waals surface area contributed by atoms with Gasteiger partial charge in [-0.05, 0) is 0 Å². The van der Waals surface area contributed by atoms with Crippen molar-refractivity contribution >= 4 is 33.8 Å². The van der Waals surface area contributed by atoms with Gasteiger partial charge >= 0.3 is 6.41 Å². The summed E-state index contributed by atoms with van der Waals surface area (Å²) in [5.41, 5.74) is 0. The van der Waals surface area contributed by atoms with E-state index >= 15 is 0 Å². The molecule has 65 valence electrons. The standard InChI is InChI=1S/C3H3N4O3S2/c4-12(9,10)3-2(5-1-8)6-7-11-3/h(H,5,8)(H2,4,9,10). The molecule has 0 saturated carbocycles. The highest BCUT2D eigenvalue weighted by molar-refractivity contribution is 7.91. The van der Waals surface area contributed by atoms with E-state index in [1.165, 1.54) is 6.41 Å². The monoisotopic (exact) mass is 207 g/mol. The minimum atomic E-state index is -3.86. The zero-order valence-electron chi connectivity index (χ0n) is 5.51.